The lowest BCUT2D eigenvalue weighted by molar-refractivity contribution is -0.0563. The van der Waals surface area contributed by atoms with Crippen LogP contribution in [-0.4, -0.2) is 40.3 Å². The van der Waals surface area contributed by atoms with E-state index in [-0.39, 0.29) is 17.8 Å². The fourth-order valence-corrected chi connectivity index (χ4v) is 4.60. The van der Waals surface area contributed by atoms with Crippen molar-refractivity contribution in [3.8, 4) is 0 Å². The Morgan fingerprint density at radius 2 is 1.58 bits per heavy atom. The van der Waals surface area contributed by atoms with Gasteiger partial charge in [0.1, 0.15) is 0 Å². The van der Waals surface area contributed by atoms with Crippen LogP contribution in [-0.2, 0) is 17.7 Å². The summed E-state index contributed by atoms with van der Waals surface area (Å²) in [5.41, 5.74) is 4.21. The van der Waals surface area contributed by atoms with Crippen LogP contribution in [0.25, 0.3) is 11.0 Å². The third-order valence-electron chi connectivity index (χ3n) is 6.10. The van der Waals surface area contributed by atoms with Crippen LogP contribution in [0.1, 0.15) is 17.2 Å². The molecule has 1 aromatic heterocycles. The third kappa shape index (κ3) is 4.33. The van der Waals surface area contributed by atoms with Gasteiger partial charge in [-0.05, 0) is 29.7 Å². The van der Waals surface area contributed by atoms with Crippen molar-refractivity contribution in [3.63, 3.8) is 0 Å². The average Bonchev–Trinajstić information content (AvgIpc) is 3.14. The molecule has 1 aliphatic heterocycles. The SMILES string of the molecule is O=c1[nH]c2ccccc2n1C(Cc1ccccc1)C1CN(Cc2ccccc2)CCO1. The van der Waals surface area contributed by atoms with Crippen LogP contribution in [0.5, 0.6) is 0 Å². The van der Waals surface area contributed by atoms with Crippen LogP contribution < -0.4 is 5.69 Å². The fraction of sp³-hybridized carbons (Fsp3) is 0.269. The topological polar surface area (TPSA) is 50.3 Å². The summed E-state index contributed by atoms with van der Waals surface area (Å²) in [6, 6.07) is 28.7. The second kappa shape index (κ2) is 8.92. The van der Waals surface area contributed by atoms with Gasteiger partial charge in [0.25, 0.3) is 0 Å². The van der Waals surface area contributed by atoms with Crippen LogP contribution in [0, 0.1) is 0 Å². The smallest absolute Gasteiger partial charge is 0.326 e. The Bertz CT molecular complexity index is 1180. The highest BCUT2D eigenvalue weighted by atomic mass is 16.5. The monoisotopic (exact) mass is 413 g/mol. The molecule has 4 aromatic rings. The molecule has 0 bridgehead atoms. The summed E-state index contributed by atoms with van der Waals surface area (Å²) in [6.07, 6.45) is 0.668. The van der Waals surface area contributed by atoms with Gasteiger partial charge in [-0.3, -0.25) is 9.47 Å². The van der Waals surface area contributed by atoms with Crippen molar-refractivity contribution in [1.29, 1.82) is 0 Å². The van der Waals surface area contributed by atoms with Crippen LogP contribution >= 0.6 is 0 Å². The lowest BCUT2D eigenvalue weighted by Crippen LogP contribution is -2.47. The summed E-state index contributed by atoms with van der Waals surface area (Å²) < 4.78 is 8.19. The summed E-state index contributed by atoms with van der Waals surface area (Å²) in [7, 11) is 0. The Balaban J connectivity index is 1.48. The first-order chi connectivity index (χ1) is 15.3. The van der Waals surface area contributed by atoms with Gasteiger partial charge in [0.2, 0.25) is 0 Å². The number of nitrogens with one attached hydrogen (secondary N) is 1. The van der Waals surface area contributed by atoms with Gasteiger partial charge in [-0.1, -0.05) is 72.8 Å². The van der Waals surface area contributed by atoms with E-state index in [0.717, 1.165) is 37.1 Å². The van der Waals surface area contributed by atoms with Gasteiger partial charge in [0, 0.05) is 19.6 Å². The zero-order valence-corrected chi connectivity index (χ0v) is 17.5. The normalized spacial score (nSPS) is 18.3. The van der Waals surface area contributed by atoms with Crippen molar-refractivity contribution in [3.05, 3.63) is 107 Å². The number of rotatable bonds is 6. The van der Waals surface area contributed by atoms with E-state index in [4.69, 9.17) is 4.74 Å². The quantitative estimate of drug-likeness (QED) is 0.520. The number of aromatic amines is 1. The van der Waals surface area contributed by atoms with Gasteiger partial charge in [-0.15, -0.1) is 0 Å². The number of imidazole rings is 1. The van der Waals surface area contributed by atoms with Gasteiger partial charge in [-0.2, -0.15) is 0 Å². The highest BCUT2D eigenvalue weighted by Gasteiger charge is 2.31. The molecule has 5 nitrogen and oxygen atoms in total. The standard InChI is InChI=1S/C26H27N3O2/c30-26-27-22-13-7-8-14-23(22)29(26)24(17-20-9-3-1-4-10-20)25-19-28(15-16-31-25)18-21-11-5-2-6-12-21/h1-14,24-25H,15-19H2,(H,27,30). The summed E-state index contributed by atoms with van der Waals surface area (Å²) >= 11 is 0. The van der Waals surface area contributed by atoms with E-state index in [9.17, 15) is 4.79 Å². The number of morpholine rings is 1. The van der Waals surface area contributed by atoms with E-state index >= 15 is 0 Å². The molecule has 2 heterocycles. The minimum absolute atomic E-state index is 0.0745. The minimum Gasteiger partial charge on any atom is -0.373 e. The number of H-pyrrole nitrogens is 1. The Labute approximate surface area is 181 Å². The minimum atomic E-state index is -0.0929. The Kier molecular flexibility index (Phi) is 5.69. The van der Waals surface area contributed by atoms with Crippen molar-refractivity contribution < 1.29 is 4.74 Å². The molecule has 2 unspecified atom stereocenters. The highest BCUT2D eigenvalue weighted by Crippen LogP contribution is 2.26. The van der Waals surface area contributed by atoms with Crippen molar-refractivity contribution >= 4 is 11.0 Å². The number of fused-ring (bicyclic) bond motifs is 1. The molecular weight excluding hydrogens is 386 g/mol. The molecule has 158 valence electrons. The van der Waals surface area contributed by atoms with Crippen LogP contribution in [0.2, 0.25) is 0 Å². The van der Waals surface area contributed by atoms with E-state index in [1.165, 1.54) is 11.1 Å². The first kappa shape index (κ1) is 19.8. The number of para-hydroxylation sites is 2. The van der Waals surface area contributed by atoms with Crippen molar-refractivity contribution in [2.75, 3.05) is 19.7 Å². The first-order valence-electron chi connectivity index (χ1n) is 10.9. The third-order valence-corrected chi connectivity index (χ3v) is 6.10. The molecule has 3 aromatic carbocycles. The number of aromatic nitrogens is 2. The van der Waals surface area contributed by atoms with E-state index in [2.05, 4.69) is 46.3 Å². The highest BCUT2D eigenvalue weighted by molar-refractivity contribution is 5.75. The maximum Gasteiger partial charge on any atom is 0.326 e. The van der Waals surface area contributed by atoms with Crippen LogP contribution in [0.15, 0.2) is 89.7 Å². The molecule has 1 saturated heterocycles. The molecule has 0 amide bonds. The summed E-state index contributed by atoms with van der Waals surface area (Å²) in [5, 5.41) is 0. The van der Waals surface area contributed by atoms with Crippen molar-refractivity contribution in [2.24, 2.45) is 0 Å². The average molecular weight is 414 g/mol. The molecule has 0 spiro atoms. The molecule has 1 aliphatic rings. The summed E-state index contributed by atoms with van der Waals surface area (Å²) in [4.78, 5) is 18.5. The van der Waals surface area contributed by atoms with Crippen molar-refractivity contribution in [1.82, 2.24) is 14.5 Å². The summed E-state index contributed by atoms with van der Waals surface area (Å²) in [6.45, 7) is 3.24. The molecule has 0 aliphatic carbocycles. The lowest BCUT2D eigenvalue weighted by atomic mass is 9.99. The molecule has 5 heteroatoms. The van der Waals surface area contributed by atoms with Gasteiger partial charge in [0.05, 0.1) is 29.8 Å². The maximum absolute atomic E-state index is 13.0. The molecular formula is C26H27N3O2. The number of benzene rings is 3. The fourth-order valence-electron chi connectivity index (χ4n) is 4.60. The maximum atomic E-state index is 13.0. The van der Waals surface area contributed by atoms with Crippen LogP contribution in [0.4, 0.5) is 0 Å². The molecule has 0 radical (unpaired) electrons. The largest absolute Gasteiger partial charge is 0.373 e. The number of hydrogen-bond acceptors (Lipinski definition) is 3. The molecule has 31 heavy (non-hydrogen) atoms. The van der Waals surface area contributed by atoms with E-state index in [1.54, 1.807) is 0 Å². The predicted octanol–water partition coefficient (Wildman–Crippen LogP) is 4.01. The van der Waals surface area contributed by atoms with E-state index in [1.807, 2.05) is 53.1 Å². The number of ether oxygens (including phenoxy) is 1. The molecule has 5 rings (SSSR count). The Hall–Kier alpha value is -3.15. The molecule has 0 saturated carbocycles. The lowest BCUT2D eigenvalue weighted by Gasteiger charge is -2.37. The van der Waals surface area contributed by atoms with Crippen LogP contribution in [0.3, 0.4) is 0 Å². The second-order valence-corrected chi connectivity index (χ2v) is 8.20. The van der Waals surface area contributed by atoms with Crippen molar-refractivity contribution in [2.45, 2.75) is 25.1 Å². The van der Waals surface area contributed by atoms with Gasteiger partial charge in [-0.25, -0.2) is 4.79 Å². The zero-order valence-electron chi connectivity index (χ0n) is 17.5. The van der Waals surface area contributed by atoms with E-state index < -0.39 is 0 Å². The van der Waals surface area contributed by atoms with Gasteiger partial charge in [0.15, 0.2) is 0 Å². The predicted molar refractivity (Wildman–Crippen MR) is 123 cm³/mol. The first-order valence-corrected chi connectivity index (χ1v) is 10.9. The molecule has 1 N–H and O–H groups in total. The number of hydrogen-bond donors (Lipinski definition) is 1. The molecule has 1 fully saturated rings. The Morgan fingerprint density at radius 3 is 2.35 bits per heavy atom. The van der Waals surface area contributed by atoms with Gasteiger partial charge >= 0.3 is 5.69 Å². The Morgan fingerprint density at radius 1 is 0.903 bits per heavy atom. The van der Waals surface area contributed by atoms with E-state index in [0.29, 0.717) is 6.61 Å². The zero-order chi connectivity index (χ0) is 21.0. The molecule has 2 atom stereocenters. The second-order valence-electron chi connectivity index (χ2n) is 8.20. The summed E-state index contributed by atoms with van der Waals surface area (Å²) in [5.74, 6) is 0. The number of nitrogens with zero attached hydrogens (tertiary/aromatic N) is 2. The van der Waals surface area contributed by atoms with Gasteiger partial charge < -0.3 is 9.72 Å².